The average Bonchev–Trinajstić information content (AvgIpc) is 2.37. The van der Waals surface area contributed by atoms with Gasteiger partial charge in [-0.15, -0.1) is 0 Å². The maximum atomic E-state index is 11.2. The molecule has 0 unspecified atom stereocenters. The molecule has 0 aliphatic carbocycles. The molecule has 0 aliphatic rings. The maximum absolute atomic E-state index is 11.2. The number of ether oxygens (including phenoxy) is 1. The zero-order valence-corrected chi connectivity index (χ0v) is 12.2. The molecule has 0 fully saturated rings. The van der Waals surface area contributed by atoms with Crippen LogP contribution in [0.4, 0.5) is 0 Å². The van der Waals surface area contributed by atoms with Crippen molar-refractivity contribution in [3.8, 4) is 11.6 Å². The van der Waals surface area contributed by atoms with Crippen LogP contribution in [-0.2, 0) is 0 Å². The second kappa shape index (κ2) is 5.92. The lowest BCUT2D eigenvalue weighted by atomic mass is 10.1. The van der Waals surface area contributed by atoms with Crippen molar-refractivity contribution in [1.29, 1.82) is 0 Å². The van der Waals surface area contributed by atoms with Crippen molar-refractivity contribution in [3.63, 3.8) is 0 Å². The first-order valence-corrected chi connectivity index (χ1v) is 7.12. The lowest BCUT2D eigenvalue weighted by Crippen LogP contribution is -2.04. The van der Waals surface area contributed by atoms with Gasteiger partial charge in [-0.25, -0.2) is 9.78 Å². The van der Waals surface area contributed by atoms with Crippen LogP contribution in [0.5, 0.6) is 11.6 Å². The summed E-state index contributed by atoms with van der Waals surface area (Å²) in [5.74, 6) is -0.491. The SMILES string of the molecule is CSc1ncc(C(=O)O)c(Oc2cc(C)cc(C)c2)n1. The molecule has 0 amide bonds. The number of thioether (sulfide) groups is 1. The van der Waals surface area contributed by atoms with Gasteiger partial charge in [-0.1, -0.05) is 17.8 Å². The second-order valence-corrected chi connectivity index (χ2v) is 5.08. The Bertz CT molecular complexity index is 639. The number of hydrogen-bond donors (Lipinski definition) is 1. The summed E-state index contributed by atoms with van der Waals surface area (Å²) in [6.07, 6.45) is 3.08. The Hall–Kier alpha value is -2.08. The zero-order valence-electron chi connectivity index (χ0n) is 11.4. The van der Waals surface area contributed by atoms with E-state index in [4.69, 9.17) is 9.84 Å². The fourth-order valence-corrected chi connectivity index (χ4v) is 2.11. The molecular formula is C14H14N2O3S. The van der Waals surface area contributed by atoms with E-state index in [9.17, 15) is 4.79 Å². The smallest absolute Gasteiger partial charge is 0.342 e. The molecule has 1 N–H and O–H groups in total. The monoisotopic (exact) mass is 290 g/mol. The molecule has 0 spiro atoms. The Morgan fingerprint density at radius 1 is 1.25 bits per heavy atom. The fraction of sp³-hybridized carbons (Fsp3) is 0.214. The van der Waals surface area contributed by atoms with Gasteiger partial charge in [0.05, 0.1) is 0 Å². The predicted octanol–water partition coefficient (Wildman–Crippen LogP) is 3.31. The highest BCUT2D eigenvalue weighted by Crippen LogP contribution is 2.26. The first-order valence-electron chi connectivity index (χ1n) is 5.90. The highest BCUT2D eigenvalue weighted by Gasteiger charge is 2.16. The Morgan fingerprint density at radius 2 is 1.90 bits per heavy atom. The lowest BCUT2D eigenvalue weighted by molar-refractivity contribution is 0.0692. The largest absolute Gasteiger partial charge is 0.477 e. The molecule has 1 heterocycles. The van der Waals surface area contributed by atoms with E-state index < -0.39 is 5.97 Å². The molecule has 0 radical (unpaired) electrons. The predicted molar refractivity (Wildman–Crippen MR) is 76.8 cm³/mol. The number of nitrogens with zero attached hydrogens (tertiary/aromatic N) is 2. The third kappa shape index (κ3) is 3.27. The van der Waals surface area contributed by atoms with E-state index in [0.29, 0.717) is 10.9 Å². The minimum absolute atomic E-state index is 0.0537. The van der Waals surface area contributed by atoms with Crippen molar-refractivity contribution in [2.24, 2.45) is 0 Å². The van der Waals surface area contributed by atoms with Gasteiger partial charge in [-0.3, -0.25) is 0 Å². The van der Waals surface area contributed by atoms with Crippen LogP contribution in [0.1, 0.15) is 21.5 Å². The summed E-state index contributed by atoms with van der Waals surface area (Å²) in [5.41, 5.74) is 2.02. The van der Waals surface area contributed by atoms with E-state index >= 15 is 0 Å². The minimum Gasteiger partial charge on any atom is -0.477 e. The normalized spacial score (nSPS) is 10.3. The summed E-state index contributed by atoms with van der Waals surface area (Å²) < 4.78 is 5.63. The van der Waals surface area contributed by atoms with Crippen LogP contribution >= 0.6 is 11.8 Å². The highest BCUT2D eigenvalue weighted by molar-refractivity contribution is 7.98. The number of benzene rings is 1. The first kappa shape index (κ1) is 14.3. The van der Waals surface area contributed by atoms with Crippen LogP contribution in [-0.4, -0.2) is 27.3 Å². The number of rotatable bonds is 4. The molecule has 6 heteroatoms. The quantitative estimate of drug-likeness (QED) is 0.688. The Labute approximate surface area is 121 Å². The Balaban J connectivity index is 2.42. The second-order valence-electron chi connectivity index (χ2n) is 4.31. The van der Waals surface area contributed by atoms with Gasteiger partial charge in [-0.05, 0) is 43.4 Å². The van der Waals surface area contributed by atoms with E-state index in [1.807, 2.05) is 38.3 Å². The first-order chi connectivity index (χ1) is 9.49. The standard InChI is InChI=1S/C14H14N2O3S/c1-8-4-9(2)6-10(5-8)19-12-11(13(17)18)7-15-14(16-12)20-3/h4-7H,1-3H3,(H,17,18). The van der Waals surface area contributed by atoms with Crippen LogP contribution in [0, 0.1) is 13.8 Å². The number of aryl methyl sites for hydroxylation is 2. The summed E-state index contributed by atoms with van der Waals surface area (Å²) in [6, 6.07) is 5.68. The summed E-state index contributed by atoms with van der Waals surface area (Å²) in [5, 5.41) is 9.62. The van der Waals surface area contributed by atoms with Gasteiger partial charge >= 0.3 is 5.97 Å². The van der Waals surface area contributed by atoms with Crippen molar-refractivity contribution in [2.45, 2.75) is 19.0 Å². The third-order valence-corrected chi connectivity index (χ3v) is 3.12. The van der Waals surface area contributed by atoms with E-state index in [2.05, 4.69) is 9.97 Å². The molecule has 0 bridgehead atoms. The maximum Gasteiger partial charge on any atom is 0.342 e. The highest BCUT2D eigenvalue weighted by atomic mass is 32.2. The summed E-state index contributed by atoms with van der Waals surface area (Å²) in [6.45, 7) is 3.90. The molecule has 0 aliphatic heterocycles. The number of aromatic carboxylic acids is 1. The van der Waals surface area contributed by atoms with Crippen molar-refractivity contribution in [3.05, 3.63) is 41.1 Å². The van der Waals surface area contributed by atoms with E-state index in [0.717, 1.165) is 11.1 Å². The van der Waals surface area contributed by atoms with Gasteiger partial charge in [0, 0.05) is 6.20 Å². The van der Waals surface area contributed by atoms with Crippen molar-refractivity contribution >= 4 is 17.7 Å². The number of carboxylic acids is 1. The minimum atomic E-state index is -1.11. The molecule has 2 rings (SSSR count). The van der Waals surface area contributed by atoms with Crippen LogP contribution in [0.3, 0.4) is 0 Å². The lowest BCUT2D eigenvalue weighted by Gasteiger charge is -2.09. The molecule has 0 saturated carbocycles. The number of aromatic nitrogens is 2. The van der Waals surface area contributed by atoms with E-state index in [-0.39, 0.29) is 11.4 Å². The van der Waals surface area contributed by atoms with Crippen molar-refractivity contribution in [2.75, 3.05) is 6.26 Å². The molecular weight excluding hydrogens is 276 g/mol. The summed E-state index contributed by atoms with van der Waals surface area (Å²) in [4.78, 5) is 19.2. The molecule has 0 atom stereocenters. The van der Waals surface area contributed by atoms with Gasteiger partial charge in [0.1, 0.15) is 11.3 Å². The Kier molecular flexibility index (Phi) is 4.24. The van der Waals surface area contributed by atoms with Crippen molar-refractivity contribution in [1.82, 2.24) is 9.97 Å². The molecule has 5 nitrogen and oxygen atoms in total. The van der Waals surface area contributed by atoms with Gasteiger partial charge in [0.15, 0.2) is 5.16 Å². The topological polar surface area (TPSA) is 72.3 Å². The van der Waals surface area contributed by atoms with Crippen LogP contribution in [0.25, 0.3) is 0 Å². The van der Waals surface area contributed by atoms with Crippen LogP contribution < -0.4 is 4.74 Å². The Morgan fingerprint density at radius 3 is 2.45 bits per heavy atom. The number of hydrogen-bond acceptors (Lipinski definition) is 5. The summed E-state index contributed by atoms with van der Waals surface area (Å²) in [7, 11) is 0. The van der Waals surface area contributed by atoms with Gasteiger partial charge < -0.3 is 9.84 Å². The van der Waals surface area contributed by atoms with Gasteiger partial charge in [0.25, 0.3) is 0 Å². The van der Waals surface area contributed by atoms with Crippen LogP contribution in [0.15, 0.2) is 29.6 Å². The molecule has 2 aromatic rings. The third-order valence-electron chi connectivity index (χ3n) is 2.55. The number of carboxylic acid groups (broad SMARTS) is 1. The molecule has 1 aromatic heterocycles. The molecule has 104 valence electrons. The number of carbonyl (C=O) groups is 1. The van der Waals surface area contributed by atoms with Gasteiger partial charge in [-0.2, -0.15) is 4.98 Å². The molecule has 20 heavy (non-hydrogen) atoms. The fourth-order valence-electron chi connectivity index (χ4n) is 1.78. The van der Waals surface area contributed by atoms with Gasteiger partial charge in [0.2, 0.25) is 5.88 Å². The summed E-state index contributed by atoms with van der Waals surface area (Å²) >= 11 is 1.33. The average molecular weight is 290 g/mol. The zero-order chi connectivity index (χ0) is 14.7. The van der Waals surface area contributed by atoms with E-state index in [1.54, 1.807) is 0 Å². The van der Waals surface area contributed by atoms with E-state index in [1.165, 1.54) is 18.0 Å². The van der Waals surface area contributed by atoms with Crippen molar-refractivity contribution < 1.29 is 14.6 Å². The molecule has 1 aromatic carbocycles. The van der Waals surface area contributed by atoms with Crippen LogP contribution in [0.2, 0.25) is 0 Å². The molecule has 0 saturated heterocycles.